The number of halogens is 1. The summed E-state index contributed by atoms with van der Waals surface area (Å²) in [6.07, 6.45) is 6.91. The summed E-state index contributed by atoms with van der Waals surface area (Å²) < 4.78 is 5.55. The van der Waals surface area contributed by atoms with E-state index in [4.69, 9.17) is 16.3 Å². The van der Waals surface area contributed by atoms with Gasteiger partial charge in [0.2, 0.25) is 5.28 Å². The van der Waals surface area contributed by atoms with Crippen molar-refractivity contribution in [2.75, 3.05) is 13.2 Å². The molecule has 1 aliphatic rings. The van der Waals surface area contributed by atoms with Gasteiger partial charge >= 0.3 is 0 Å². The lowest BCUT2D eigenvalue weighted by molar-refractivity contribution is 0.237. The highest BCUT2D eigenvalue weighted by Gasteiger charge is 2.12. The van der Waals surface area contributed by atoms with Gasteiger partial charge in [0.1, 0.15) is 6.61 Å². The summed E-state index contributed by atoms with van der Waals surface area (Å²) in [4.78, 5) is 7.70. The van der Waals surface area contributed by atoms with Crippen LogP contribution in [0.15, 0.2) is 12.4 Å². The molecule has 1 atom stereocenters. The molecule has 0 spiro atoms. The molecule has 1 fully saturated rings. The third-order valence-corrected chi connectivity index (χ3v) is 2.66. The minimum absolute atomic E-state index is 0.248. The van der Waals surface area contributed by atoms with Crippen LogP contribution in [-0.2, 0) is 0 Å². The highest BCUT2D eigenvalue weighted by molar-refractivity contribution is 6.28. The van der Waals surface area contributed by atoms with Crippen molar-refractivity contribution in [3.05, 3.63) is 17.7 Å². The third-order valence-electron chi connectivity index (χ3n) is 2.46. The van der Waals surface area contributed by atoms with Crippen LogP contribution < -0.4 is 10.1 Å². The van der Waals surface area contributed by atoms with Gasteiger partial charge in [-0.05, 0) is 31.0 Å². The molecule has 2 heterocycles. The molecule has 0 radical (unpaired) electrons. The van der Waals surface area contributed by atoms with E-state index in [1.54, 1.807) is 12.4 Å². The SMILES string of the molecule is Clc1ncc(OCC2CCCCN2)cn1. The molecule has 0 aliphatic carbocycles. The molecule has 1 N–H and O–H groups in total. The predicted octanol–water partition coefficient (Wildman–Crippen LogP) is 1.65. The molecule has 1 aromatic rings. The topological polar surface area (TPSA) is 47.0 Å². The molecule has 0 bridgehead atoms. The summed E-state index contributed by atoms with van der Waals surface area (Å²) in [5, 5.41) is 3.66. The van der Waals surface area contributed by atoms with Gasteiger partial charge < -0.3 is 10.1 Å². The second kappa shape index (κ2) is 5.28. The van der Waals surface area contributed by atoms with Crippen molar-refractivity contribution in [1.82, 2.24) is 15.3 Å². The third kappa shape index (κ3) is 3.32. The van der Waals surface area contributed by atoms with Crippen molar-refractivity contribution < 1.29 is 4.74 Å². The standard InChI is InChI=1S/C10H14ClN3O/c11-10-13-5-9(6-14-10)15-7-8-3-1-2-4-12-8/h5-6,8,12H,1-4,7H2. The van der Waals surface area contributed by atoms with Crippen LogP contribution in [0.2, 0.25) is 5.28 Å². The molecule has 0 amide bonds. The normalized spacial score (nSPS) is 21.3. The van der Waals surface area contributed by atoms with Crippen LogP contribution in [0.3, 0.4) is 0 Å². The predicted molar refractivity (Wildman–Crippen MR) is 58.2 cm³/mol. The van der Waals surface area contributed by atoms with Crippen LogP contribution >= 0.6 is 11.6 Å². The quantitative estimate of drug-likeness (QED) is 0.798. The van der Waals surface area contributed by atoms with Crippen molar-refractivity contribution in [3.8, 4) is 5.75 Å². The van der Waals surface area contributed by atoms with Gasteiger partial charge in [-0.15, -0.1) is 0 Å². The lowest BCUT2D eigenvalue weighted by atomic mass is 10.1. The average Bonchev–Trinajstić information content (AvgIpc) is 2.30. The number of aromatic nitrogens is 2. The molecule has 1 aliphatic heterocycles. The fourth-order valence-corrected chi connectivity index (χ4v) is 1.74. The average molecular weight is 228 g/mol. The first-order valence-electron chi connectivity index (χ1n) is 5.18. The Morgan fingerprint density at radius 1 is 1.40 bits per heavy atom. The second-order valence-corrected chi connectivity index (χ2v) is 3.98. The summed E-state index contributed by atoms with van der Waals surface area (Å²) >= 11 is 5.57. The van der Waals surface area contributed by atoms with Crippen LogP contribution in [0.5, 0.6) is 5.75 Å². The molecular weight excluding hydrogens is 214 g/mol. The summed E-state index contributed by atoms with van der Waals surface area (Å²) in [7, 11) is 0. The maximum absolute atomic E-state index is 5.57. The molecule has 0 aromatic carbocycles. The summed E-state index contributed by atoms with van der Waals surface area (Å²) in [6, 6.07) is 0.453. The number of rotatable bonds is 3. The van der Waals surface area contributed by atoms with Crippen LogP contribution in [-0.4, -0.2) is 29.2 Å². The molecule has 2 rings (SSSR count). The number of hydrogen-bond acceptors (Lipinski definition) is 4. The Bertz CT molecular complexity index is 298. The van der Waals surface area contributed by atoms with E-state index >= 15 is 0 Å². The Kier molecular flexibility index (Phi) is 3.75. The van der Waals surface area contributed by atoms with Gasteiger partial charge in [-0.2, -0.15) is 0 Å². The van der Waals surface area contributed by atoms with Crippen LogP contribution in [0.1, 0.15) is 19.3 Å². The number of piperidine rings is 1. The van der Waals surface area contributed by atoms with E-state index in [1.165, 1.54) is 19.3 Å². The number of nitrogens with zero attached hydrogens (tertiary/aromatic N) is 2. The second-order valence-electron chi connectivity index (χ2n) is 3.65. The molecule has 4 nitrogen and oxygen atoms in total. The van der Waals surface area contributed by atoms with Crippen LogP contribution in [0, 0.1) is 0 Å². The first kappa shape index (κ1) is 10.6. The Hall–Kier alpha value is -0.870. The van der Waals surface area contributed by atoms with Crippen LogP contribution in [0.25, 0.3) is 0 Å². The summed E-state index contributed by atoms with van der Waals surface area (Å²) in [5.41, 5.74) is 0. The highest BCUT2D eigenvalue weighted by Crippen LogP contribution is 2.11. The van der Waals surface area contributed by atoms with Crippen molar-refractivity contribution in [2.45, 2.75) is 25.3 Å². The number of hydrogen-bond donors (Lipinski definition) is 1. The van der Waals surface area contributed by atoms with E-state index in [9.17, 15) is 0 Å². The van der Waals surface area contributed by atoms with Gasteiger partial charge in [0.05, 0.1) is 12.4 Å². The molecule has 1 saturated heterocycles. The minimum Gasteiger partial charge on any atom is -0.489 e. The maximum atomic E-state index is 5.57. The molecular formula is C10H14ClN3O. The fourth-order valence-electron chi connectivity index (χ4n) is 1.64. The monoisotopic (exact) mass is 227 g/mol. The van der Waals surface area contributed by atoms with Crippen molar-refractivity contribution in [2.24, 2.45) is 0 Å². The van der Waals surface area contributed by atoms with Gasteiger partial charge in [-0.3, -0.25) is 0 Å². The van der Waals surface area contributed by atoms with Crippen molar-refractivity contribution in [1.29, 1.82) is 0 Å². The zero-order chi connectivity index (χ0) is 10.5. The maximum Gasteiger partial charge on any atom is 0.222 e. The van der Waals surface area contributed by atoms with Gasteiger partial charge in [0.15, 0.2) is 5.75 Å². The Balaban J connectivity index is 1.79. The zero-order valence-electron chi connectivity index (χ0n) is 8.45. The number of ether oxygens (including phenoxy) is 1. The Labute approximate surface area is 94.0 Å². The minimum atomic E-state index is 0.248. The first-order valence-corrected chi connectivity index (χ1v) is 5.56. The van der Waals surface area contributed by atoms with Gasteiger partial charge in [0, 0.05) is 6.04 Å². The largest absolute Gasteiger partial charge is 0.489 e. The van der Waals surface area contributed by atoms with E-state index in [1.807, 2.05) is 0 Å². The van der Waals surface area contributed by atoms with E-state index in [-0.39, 0.29) is 5.28 Å². The number of nitrogens with one attached hydrogen (secondary N) is 1. The lowest BCUT2D eigenvalue weighted by Gasteiger charge is -2.23. The lowest BCUT2D eigenvalue weighted by Crippen LogP contribution is -2.38. The molecule has 1 aromatic heterocycles. The highest BCUT2D eigenvalue weighted by atomic mass is 35.5. The van der Waals surface area contributed by atoms with Crippen molar-refractivity contribution in [3.63, 3.8) is 0 Å². The van der Waals surface area contributed by atoms with E-state index in [0.29, 0.717) is 18.4 Å². The van der Waals surface area contributed by atoms with Gasteiger partial charge in [-0.1, -0.05) is 6.42 Å². The Morgan fingerprint density at radius 3 is 2.87 bits per heavy atom. The molecule has 15 heavy (non-hydrogen) atoms. The smallest absolute Gasteiger partial charge is 0.222 e. The first-order chi connectivity index (χ1) is 7.34. The van der Waals surface area contributed by atoms with Crippen LogP contribution in [0.4, 0.5) is 0 Å². The molecule has 0 saturated carbocycles. The van der Waals surface area contributed by atoms with E-state index < -0.39 is 0 Å². The van der Waals surface area contributed by atoms with Gasteiger partial charge in [0.25, 0.3) is 0 Å². The molecule has 82 valence electrons. The Morgan fingerprint density at radius 2 is 2.20 bits per heavy atom. The zero-order valence-corrected chi connectivity index (χ0v) is 9.20. The summed E-state index contributed by atoms with van der Waals surface area (Å²) in [5.74, 6) is 0.673. The van der Waals surface area contributed by atoms with E-state index in [0.717, 1.165) is 6.54 Å². The molecule has 5 heteroatoms. The van der Waals surface area contributed by atoms with E-state index in [2.05, 4.69) is 15.3 Å². The molecule has 1 unspecified atom stereocenters. The fraction of sp³-hybridized carbons (Fsp3) is 0.600. The van der Waals surface area contributed by atoms with Gasteiger partial charge in [-0.25, -0.2) is 9.97 Å². The summed E-state index contributed by atoms with van der Waals surface area (Å²) in [6.45, 7) is 1.76. The van der Waals surface area contributed by atoms with Crippen molar-refractivity contribution >= 4 is 11.6 Å².